The quantitative estimate of drug-likeness (QED) is 0.166. The van der Waals surface area contributed by atoms with E-state index in [4.69, 9.17) is 9.73 Å². The molecule has 6 nitrogen and oxygen atoms in total. The molecule has 30 heavy (non-hydrogen) atoms. The molecule has 3 N–H and O–H groups in total. The Morgan fingerprint density at radius 1 is 1.07 bits per heavy atom. The van der Waals surface area contributed by atoms with Crippen LogP contribution in [0.25, 0.3) is 0 Å². The first-order valence-electron chi connectivity index (χ1n) is 10.7. The zero-order valence-electron chi connectivity index (χ0n) is 17.8. The molecule has 0 aliphatic heterocycles. The van der Waals surface area contributed by atoms with Gasteiger partial charge < -0.3 is 20.7 Å². The predicted molar refractivity (Wildman–Crippen MR) is 135 cm³/mol. The van der Waals surface area contributed by atoms with Crippen LogP contribution in [0.5, 0.6) is 5.75 Å². The third-order valence-corrected chi connectivity index (χ3v) is 4.76. The highest BCUT2D eigenvalue weighted by Gasteiger charge is 2.22. The Labute approximate surface area is 197 Å². The van der Waals surface area contributed by atoms with Crippen molar-refractivity contribution in [2.24, 2.45) is 10.9 Å². The second-order valence-corrected chi connectivity index (χ2v) is 7.33. The number of nitrogens with one attached hydrogen (secondary N) is 3. The number of nitrogens with zero attached hydrogens (tertiary/aromatic N) is 2. The number of ether oxygens (including phenoxy) is 1. The normalized spacial score (nSPS) is 13.3. The highest BCUT2D eigenvalue weighted by Crippen LogP contribution is 2.30. The average Bonchev–Trinajstić information content (AvgIpc) is 3.59. The summed E-state index contributed by atoms with van der Waals surface area (Å²) in [6, 6.07) is 14.1. The molecule has 0 amide bonds. The van der Waals surface area contributed by atoms with Gasteiger partial charge in [-0.15, -0.1) is 24.0 Å². The fourth-order valence-electron chi connectivity index (χ4n) is 2.91. The Balaban J connectivity index is 0.00000320. The summed E-state index contributed by atoms with van der Waals surface area (Å²) < 4.78 is 5.99. The largest absolute Gasteiger partial charge is 0.493 e. The van der Waals surface area contributed by atoms with Gasteiger partial charge in [-0.25, -0.2) is 9.98 Å². The molecule has 1 aliphatic rings. The van der Waals surface area contributed by atoms with Gasteiger partial charge in [-0.2, -0.15) is 0 Å². The summed E-state index contributed by atoms with van der Waals surface area (Å²) in [5.41, 5.74) is 1.13. The van der Waals surface area contributed by atoms with E-state index in [1.54, 1.807) is 6.20 Å². The molecule has 0 spiro atoms. The van der Waals surface area contributed by atoms with Crippen LogP contribution in [0, 0.1) is 5.92 Å². The third-order valence-electron chi connectivity index (χ3n) is 4.76. The van der Waals surface area contributed by atoms with Gasteiger partial charge in [0.15, 0.2) is 5.96 Å². The van der Waals surface area contributed by atoms with Crippen LogP contribution < -0.4 is 20.7 Å². The third kappa shape index (κ3) is 9.19. The van der Waals surface area contributed by atoms with Crippen molar-refractivity contribution < 1.29 is 4.74 Å². The number of para-hydroxylation sites is 1. The number of benzene rings is 1. The summed E-state index contributed by atoms with van der Waals surface area (Å²) in [6.07, 6.45) is 6.53. The van der Waals surface area contributed by atoms with E-state index in [1.165, 1.54) is 12.8 Å². The Morgan fingerprint density at radius 3 is 2.63 bits per heavy atom. The lowest BCUT2D eigenvalue weighted by Crippen LogP contribution is -2.37. The van der Waals surface area contributed by atoms with E-state index in [-0.39, 0.29) is 24.0 Å². The first-order chi connectivity index (χ1) is 14.3. The molecule has 0 unspecified atom stereocenters. The molecule has 0 saturated heterocycles. The van der Waals surface area contributed by atoms with Gasteiger partial charge in [0.1, 0.15) is 11.6 Å². The standard InChI is InChI=1S/C23H33N5O.HI/c1-2-24-23(27-16-8-7-15-26-22-11-5-6-14-25-22)28-17-20-9-3-4-10-21(20)29-18-19-12-13-19;/h3-6,9-11,14,19H,2,7-8,12-13,15-18H2,1H3,(H,25,26)(H2,24,27,28);1H. The number of pyridine rings is 1. The average molecular weight is 523 g/mol. The summed E-state index contributed by atoms with van der Waals surface area (Å²) >= 11 is 0. The molecule has 0 atom stereocenters. The number of guanidine groups is 1. The number of hydrogen-bond donors (Lipinski definition) is 3. The molecule has 1 aliphatic carbocycles. The zero-order chi connectivity index (χ0) is 20.2. The minimum Gasteiger partial charge on any atom is -0.493 e. The fourth-order valence-corrected chi connectivity index (χ4v) is 2.91. The van der Waals surface area contributed by atoms with Gasteiger partial charge in [-0.3, -0.25) is 0 Å². The van der Waals surface area contributed by atoms with Crippen LogP contribution in [0.3, 0.4) is 0 Å². The number of anilines is 1. The van der Waals surface area contributed by atoms with Crippen LogP contribution in [0.1, 0.15) is 38.2 Å². The summed E-state index contributed by atoms with van der Waals surface area (Å²) in [4.78, 5) is 9.01. The van der Waals surface area contributed by atoms with Crippen molar-refractivity contribution in [3.8, 4) is 5.75 Å². The van der Waals surface area contributed by atoms with Crippen LogP contribution >= 0.6 is 24.0 Å². The van der Waals surface area contributed by atoms with Gasteiger partial charge in [0.2, 0.25) is 0 Å². The van der Waals surface area contributed by atoms with Crippen molar-refractivity contribution in [1.29, 1.82) is 0 Å². The predicted octanol–water partition coefficient (Wildman–Crippen LogP) is 4.44. The number of hydrogen-bond acceptors (Lipinski definition) is 4. The van der Waals surface area contributed by atoms with Gasteiger partial charge in [0.25, 0.3) is 0 Å². The lowest BCUT2D eigenvalue weighted by Gasteiger charge is -2.13. The highest BCUT2D eigenvalue weighted by molar-refractivity contribution is 14.0. The minimum atomic E-state index is 0. The number of rotatable bonds is 12. The molecule has 0 radical (unpaired) electrons. The summed E-state index contributed by atoms with van der Waals surface area (Å²) in [7, 11) is 0. The number of aromatic nitrogens is 1. The Hall–Kier alpha value is -2.03. The maximum Gasteiger partial charge on any atom is 0.191 e. The molecule has 1 aromatic heterocycles. The molecule has 1 saturated carbocycles. The van der Waals surface area contributed by atoms with Gasteiger partial charge in [-0.1, -0.05) is 24.3 Å². The van der Waals surface area contributed by atoms with Crippen molar-refractivity contribution in [3.05, 3.63) is 54.2 Å². The first-order valence-corrected chi connectivity index (χ1v) is 10.7. The van der Waals surface area contributed by atoms with Crippen molar-refractivity contribution >= 4 is 35.8 Å². The molecule has 1 aromatic carbocycles. The first kappa shape index (κ1) is 24.2. The summed E-state index contributed by atoms with van der Waals surface area (Å²) in [5.74, 6) is 3.48. The zero-order valence-corrected chi connectivity index (χ0v) is 20.1. The van der Waals surface area contributed by atoms with Gasteiger partial charge in [0, 0.05) is 31.4 Å². The molecule has 164 valence electrons. The maximum absolute atomic E-state index is 5.99. The SMILES string of the molecule is CCNC(=NCc1ccccc1OCC1CC1)NCCCCNc1ccccn1.I. The van der Waals surface area contributed by atoms with Gasteiger partial charge in [-0.05, 0) is 56.7 Å². The minimum absolute atomic E-state index is 0. The van der Waals surface area contributed by atoms with Crippen LogP contribution in [-0.4, -0.2) is 37.2 Å². The highest BCUT2D eigenvalue weighted by atomic mass is 127. The number of halogens is 1. The molecule has 2 aromatic rings. The fraction of sp³-hybridized carbons (Fsp3) is 0.478. The van der Waals surface area contributed by atoms with Crippen molar-refractivity contribution in [2.45, 2.75) is 39.2 Å². The lowest BCUT2D eigenvalue weighted by molar-refractivity contribution is 0.297. The van der Waals surface area contributed by atoms with E-state index in [0.717, 1.165) is 68.1 Å². The second-order valence-electron chi connectivity index (χ2n) is 7.33. The Bertz CT molecular complexity index is 752. The smallest absolute Gasteiger partial charge is 0.191 e. The van der Waals surface area contributed by atoms with E-state index in [2.05, 4.69) is 33.9 Å². The molecular weight excluding hydrogens is 489 g/mol. The van der Waals surface area contributed by atoms with E-state index in [1.807, 2.05) is 36.4 Å². The van der Waals surface area contributed by atoms with Crippen LogP contribution in [-0.2, 0) is 6.54 Å². The monoisotopic (exact) mass is 523 g/mol. The summed E-state index contributed by atoms with van der Waals surface area (Å²) in [6.45, 7) is 6.16. The molecular formula is C23H34IN5O. The Morgan fingerprint density at radius 2 is 1.87 bits per heavy atom. The van der Waals surface area contributed by atoms with Crippen molar-refractivity contribution in [1.82, 2.24) is 15.6 Å². The molecule has 7 heteroatoms. The second kappa shape index (κ2) is 14.1. The molecule has 1 heterocycles. The van der Waals surface area contributed by atoms with E-state index in [0.29, 0.717) is 6.54 Å². The molecule has 1 fully saturated rings. The van der Waals surface area contributed by atoms with Gasteiger partial charge in [0.05, 0.1) is 13.2 Å². The number of aliphatic imine (C=N–C) groups is 1. The van der Waals surface area contributed by atoms with Crippen LogP contribution in [0.4, 0.5) is 5.82 Å². The van der Waals surface area contributed by atoms with Crippen LogP contribution in [0.2, 0.25) is 0 Å². The summed E-state index contributed by atoms with van der Waals surface area (Å²) in [5, 5.41) is 10.1. The van der Waals surface area contributed by atoms with E-state index >= 15 is 0 Å². The number of unbranched alkanes of at least 4 members (excludes halogenated alkanes) is 1. The topological polar surface area (TPSA) is 70.6 Å². The lowest BCUT2D eigenvalue weighted by atomic mass is 10.2. The Kier molecular flexibility index (Phi) is 11.4. The molecule has 3 rings (SSSR count). The molecule has 0 bridgehead atoms. The van der Waals surface area contributed by atoms with E-state index < -0.39 is 0 Å². The van der Waals surface area contributed by atoms with Crippen molar-refractivity contribution in [3.63, 3.8) is 0 Å². The maximum atomic E-state index is 5.99. The van der Waals surface area contributed by atoms with Crippen molar-refractivity contribution in [2.75, 3.05) is 31.6 Å². The van der Waals surface area contributed by atoms with Crippen LogP contribution in [0.15, 0.2) is 53.7 Å². The van der Waals surface area contributed by atoms with E-state index in [9.17, 15) is 0 Å². The van der Waals surface area contributed by atoms with Gasteiger partial charge >= 0.3 is 0 Å².